The van der Waals surface area contributed by atoms with Crippen LogP contribution in [0.4, 0.5) is 11.4 Å². The van der Waals surface area contributed by atoms with E-state index in [1.165, 1.54) is 31.2 Å². The van der Waals surface area contributed by atoms with Crippen LogP contribution in [0.25, 0.3) is 0 Å². The van der Waals surface area contributed by atoms with Crippen molar-refractivity contribution in [1.82, 2.24) is 4.90 Å². The molecule has 0 aliphatic carbocycles. The van der Waals surface area contributed by atoms with Crippen molar-refractivity contribution in [2.75, 3.05) is 18.4 Å². The highest BCUT2D eigenvalue weighted by Crippen LogP contribution is 2.16. The molecule has 23 heavy (non-hydrogen) atoms. The fraction of sp³-hybridized carbons (Fsp3) is 0.214. The molecule has 1 aromatic rings. The lowest BCUT2D eigenvalue weighted by Gasteiger charge is -2.15. The van der Waals surface area contributed by atoms with Crippen LogP contribution in [0.1, 0.15) is 6.92 Å². The van der Waals surface area contributed by atoms with Crippen molar-refractivity contribution >= 4 is 23.2 Å². The van der Waals surface area contributed by atoms with Gasteiger partial charge in [-0.25, -0.2) is 0 Å². The standard InChI is InChI=1S/C14H15N5O4/c1-10(20)18(7-6-15)9-11(8-16)14(21)17-12-2-4-13(5-3-12)19(22)23/h2-5,9H,6-7,15H2,1H3,(H,17,21)/b11-9-. The SMILES string of the molecule is CC(=O)N(/C=C(/C#N)C(=O)Nc1ccc([N+](=O)[O-])cc1)CCN. The fourth-order valence-corrected chi connectivity index (χ4v) is 1.61. The molecule has 0 aliphatic rings. The van der Waals surface area contributed by atoms with Gasteiger partial charge in [-0.3, -0.25) is 19.7 Å². The largest absolute Gasteiger partial charge is 0.329 e. The van der Waals surface area contributed by atoms with E-state index in [1.54, 1.807) is 6.07 Å². The number of nitriles is 1. The molecule has 120 valence electrons. The molecule has 0 bridgehead atoms. The number of hydrogen-bond donors (Lipinski definition) is 2. The molecule has 0 saturated carbocycles. The number of non-ortho nitro benzene ring substituents is 1. The molecule has 3 N–H and O–H groups in total. The Bertz CT molecular complexity index is 675. The zero-order valence-corrected chi connectivity index (χ0v) is 12.4. The minimum absolute atomic E-state index is 0.121. The highest BCUT2D eigenvalue weighted by Gasteiger charge is 2.14. The summed E-state index contributed by atoms with van der Waals surface area (Å²) in [6, 6.07) is 6.83. The van der Waals surface area contributed by atoms with Gasteiger partial charge in [0.05, 0.1) is 4.92 Å². The van der Waals surface area contributed by atoms with Crippen LogP contribution < -0.4 is 11.1 Å². The topological polar surface area (TPSA) is 142 Å². The minimum Gasteiger partial charge on any atom is -0.329 e. The number of carbonyl (C=O) groups is 2. The maximum atomic E-state index is 12.0. The van der Waals surface area contributed by atoms with Gasteiger partial charge in [0.25, 0.3) is 11.6 Å². The number of anilines is 1. The normalized spacial score (nSPS) is 10.6. The maximum Gasteiger partial charge on any atom is 0.269 e. The van der Waals surface area contributed by atoms with Crippen molar-refractivity contribution < 1.29 is 14.5 Å². The van der Waals surface area contributed by atoms with Crippen LogP contribution >= 0.6 is 0 Å². The van der Waals surface area contributed by atoms with Crippen molar-refractivity contribution in [3.05, 3.63) is 46.2 Å². The molecule has 9 heteroatoms. The summed E-state index contributed by atoms with van der Waals surface area (Å²) in [5.41, 5.74) is 5.24. The number of benzene rings is 1. The lowest BCUT2D eigenvalue weighted by atomic mass is 10.2. The van der Waals surface area contributed by atoms with E-state index in [1.807, 2.05) is 0 Å². The first-order chi connectivity index (χ1) is 10.9. The van der Waals surface area contributed by atoms with Gasteiger partial charge < -0.3 is 16.0 Å². The van der Waals surface area contributed by atoms with E-state index in [2.05, 4.69) is 5.32 Å². The molecular weight excluding hydrogens is 302 g/mol. The third-order valence-corrected chi connectivity index (χ3v) is 2.76. The number of amides is 2. The fourth-order valence-electron chi connectivity index (χ4n) is 1.61. The average Bonchev–Trinajstić information content (AvgIpc) is 2.51. The number of nitrogens with two attached hydrogens (primary N) is 1. The van der Waals surface area contributed by atoms with Crippen molar-refractivity contribution in [3.63, 3.8) is 0 Å². The Morgan fingerprint density at radius 1 is 1.43 bits per heavy atom. The third-order valence-electron chi connectivity index (χ3n) is 2.76. The smallest absolute Gasteiger partial charge is 0.269 e. The quantitative estimate of drug-likeness (QED) is 0.343. The van der Waals surface area contributed by atoms with Gasteiger partial charge in [-0.05, 0) is 12.1 Å². The van der Waals surface area contributed by atoms with Crippen LogP contribution in [0.3, 0.4) is 0 Å². The van der Waals surface area contributed by atoms with Crippen LogP contribution in [0.15, 0.2) is 36.0 Å². The molecule has 9 nitrogen and oxygen atoms in total. The lowest BCUT2D eigenvalue weighted by Crippen LogP contribution is -2.30. The van der Waals surface area contributed by atoms with Crippen LogP contribution in [-0.2, 0) is 9.59 Å². The summed E-state index contributed by atoms with van der Waals surface area (Å²) < 4.78 is 0. The van der Waals surface area contributed by atoms with Gasteiger partial charge in [0.15, 0.2) is 0 Å². The molecular formula is C14H15N5O4. The van der Waals surface area contributed by atoms with Crippen molar-refractivity contribution in [3.8, 4) is 6.07 Å². The van der Waals surface area contributed by atoms with Crippen LogP contribution in [-0.4, -0.2) is 34.7 Å². The Balaban J connectivity index is 2.90. The highest BCUT2D eigenvalue weighted by atomic mass is 16.6. The summed E-state index contributed by atoms with van der Waals surface area (Å²) >= 11 is 0. The van der Waals surface area contributed by atoms with E-state index in [9.17, 15) is 19.7 Å². The van der Waals surface area contributed by atoms with E-state index >= 15 is 0 Å². The van der Waals surface area contributed by atoms with E-state index in [-0.39, 0.29) is 35.9 Å². The Hall–Kier alpha value is -3.25. The predicted octanol–water partition coefficient (Wildman–Crippen LogP) is 0.748. The van der Waals surface area contributed by atoms with Gasteiger partial charge in [-0.1, -0.05) is 0 Å². The monoisotopic (exact) mass is 317 g/mol. The Labute approximate surface area is 132 Å². The maximum absolute atomic E-state index is 12.0. The predicted molar refractivity (Wildman–Crippen MR) is 81.9 cm³/mol. The van der Waals surface area contributed by atoms with Gasteiger partial charge in [-0.2, -0.15) is 5.26 Å². The molecule has 0 aromatic heterocycles. The molecule has 0 atom stereocenters. The number of nitro benzene ring substituents is 1. The average molecular weight is 317 g/mol. The zero-order chi connectivity index (χ0) is 17.4. The number of nitrogens with one attached hydrogen (secondary N) is 1. The van der Waals surface area contributed by atoms with Crippen molar-refractivity contribution in [2.24, 2.45) is 5.73 Å². The van der Waals surface area contributed by atoms with E-state index in [0.29, 0.717) is 0 Å². The number of nitrogens with zero attached hydrogens (tertiary/aromatic N) is 3. The first-order valence-corrected chi connectivity index (χ1v) is 6.54. The number of carbonyl (C=O) groups excluding carboxylic acids is 2. The second-order valence-electron chi connectivity index (χ2n) is 4.41. The Morgan fingerprint density at radius 2 is 2.04 bits per heavy atom. The van der Waals surface area contributed by atoms with Crippen LogP contribution in [0, 0.1) is 21.4 Å². The summed E-state index contributed by atoms with van der Waals surface area (Å²) in [6.07, 6.45) is 1.12. The second kappa shape index (κ2) is 8.26. The summed E-state index contributed by atoms with van der Waals surface area (Å²) in [5.74, 6) is -1.09. The molecule has 0 aliphatic heterocycles. The molecule has 0 spiro atoms. The molecule has 1 rings (SSSR count). The first-order valence-electron chi connectivity index (χ1n) is 6.54. The van der Waals surface area contributed by atoms with Gasteiger partial charge in [0.2, 0.25) is 5.91 Å². The summed E-state index contributed by atoms with van der Waals surface area (Å²) in [7, 11) is 0. The minimum atomic E-state index is -0.732. The summed E-state index contributed by atoms with van der Waals surface area (Å²) in [4.78, 5) is 34.6. The highest BCUT2D eigenvalue weighted by molar-refractivity contribution is 6.06. The van der Waals surface area contributed by atoms with Gasteiger partial charge in [0.1, 0.15) is 11.6 Å². The molecule has 2 amide bonds. The van der Waals surface area contributed by atoms with Gasteiger partial charge in [-0.15, -0.1) is 0 Å². The summed E-state index contributed by atoms with van der Waals surface area (Å²) in [5, 5.41) is 22.0. The molecule has 0 heterocycles. The molecule has 1 aromatic carbocycles. The first kappa shape index (κ1) is 17.8. The van der Waals surface area contributed by atoms with Crippen molar-refractivity contribution in [2.45, 2.75) is 6.92 Å². The Morgan fingerprint density at radius 3 is 2.48 bits per heavy atom. The third kappa shape index (κ3) is 5.22. The van der Waals surface area contributed by atoms with Gasteiger partial charge in [0, 0.05) is 44.0 Å². The molecule has 0 saturated heterocycles. The lowest BCUT2D eigenvalue weighted by molar-refractivity contribution is -0.384. The molecule has 0 fully saturated rings. The zero-order valence-electron chi connectivity index (χ0n) is 12.4. The van der Waals surface area contributed by atoms with Gasteiger partial charge >= 0.3 is 0 Å². The number of nitro groups is 1. The van der Waals surface area contributed by atoms with E-state index in [4.69, 9.17) is 11.0 Å². The van der Waals surface area contributed by atoms with Crippen LogP contribution in [0.5, 0.6) is 0 Å². The second-order valence-corrected chi connectivity index (χ2v) is 4.41. The number of hydrogen-bond acceptors (Lipinski definition) is 6. The van der Waals surface area contributed by atoms with Crippen LogP contribution in [0.2, 0.25) is 0 Å². The molecule has 0 unspecified atom stereocenters. The van der Waals surface area contributed by atoms with Crippen molar-refractivity contribution in [1.29, 1.82) is 5.26 Å². The summed E-state index contributed by atoms with van der Waals surface area (Å²) in [6.45, 7) is 1.64. The number of rotatable bonds is 6. The Kier molecular flexibility index (Phi) is 6.39. The van der Waals surface area contributed by atoms with E-state index in [0.717, 1.165) is 11.1 Å². The molecule has 0 radical (unpaired) electrons. The van der Waals surface area contributed by atoms with E-state index < -0.39 is 10.8 Å².